The van der Waals surface area contributed by atoms with Gasteiger partial charge >= 0.3 is 11.9 Å². The summed E-state index contributed by atoms with van der Waals surface area (Å²) in [4.78, 5) is 23.3. The lowest BCUT2D eigenvalue weighted by Gasteiger charge is -2.22. The van der Waals surface area contributed by atoms with Crippen LogP contribution in [0.3, 0.4) is 0 Å². The number of hydrogen-bond donors (Lipinski definition) is 1. The quantitative estimate of drug-likeness (QED) is 0.378. The lowest BCUT2D eigenvalue weighted by atomic mass is 9.86. The summed E-state index contributed by atoms with van der Waals surface area (Å²) in [5, 5.41) is 3.46. The second kappa shape index (κ2) is 14.1. The minimum absolute atomic E-state index is 0.0309. The first-order valence-electron chi connectivity index (χ1n) is 11.4. The molecule has 0 heterocycles. The third-order valence-electron chi connectivity index (χ3n) is 5.10. The Kier molecular flexibility index (Phi) is 12.2. The van der Waals surface area contributed by atoms with Crippen molar-refractivity contribution in [3.63, 3.8) is 0 Å². The van der Waals surface area contributed by atoms with Crippen molar-refractivity contribution in [1.82, 2.24) is 0 Å². The molecule has 0 aromatic heterocycles. The topological polar surface area (TPSA) is 64.6 Å². The number of carbonyl (C=O) groups is 2. The van der Waals surface area contributed by atoms with E-state index in [-0.39, 0.29) is 19.0 Å². The number of carbonyl (C=O) groups excluding carboxylic acids is 2. The zero-order chi connectivity index (χ0) is 22.5. The summed E-state index contributed by atoms with van der Waals surface area (Å²) in [5.74, 6) is 2.07. The van der Waals surface area contributed by atoms with E-state index in [0.717, 1.165) is 30.0 Å². The van der Waals surface area contributed by atoms with Crippen LogP contribution in [0.25, 0.3) is 0 Å². The molecule has 0 amide bonds. The molecule has 0 saturated carbocycles. The maximum Gasteiger partial charge on any atom is 0.338 e. The van der Waals surface area contributed by atoms with Gasteiger partial charge in [0.1, 0.15) is 6.61 Å². The molecule has 0 aliphatic rings. The Bertz CT molecular complexity index is 627. The van der Waals surface area contributed by atoms with Crippen molar-refractivity contribution in [2.45, 2.75) is 67.2 Å². The van der Waals surface area contributed by atoms with Crippen LogP contribution >= 0.6 is 0 Å². The van der Waals surface area contributed by atoms with Crippen molar-refractivity contribution >= 4 is 17.6 Å². The summed E-state index contributed by atoms with van der Waals surface area (Å²) in [6.45, 7) is 14.6. The number of benzene rings is 1. The number of ether oxygens (including phenoxy) is 2. The summed E-state index contributed by atoms with van der Waals surface area (Å²) >= 11 is 0. The van der Waals surface area contributed by atoms with Crippen LogP contribution in [0.2, 0.25) is 0 Å². The normalized spacial score (nSPS) is 14.1. The van der Waals surface area contributed by atoms with Gasteiger partial charge < -0.3 is 14.8 Å². The van der Waals surface area contributed by atoms with E-state index in [1.54, 1.807) is 19.1 Å². The van der Waals surface area contributed by atoms with E-state index in [0.29, 0.717) is 18.1 Å². The van der Waals surface area contributed by atoms with Gasteiger partial charge in [0.05, 0.1) is 18.6 Å². The zero-order valence-electron chi connectivity index (χ0n) is 19.7. The maximum atomic E-state index is 12.0. The number of nitrogens with one attached hydrogen (secondary N) is 1. The average molecular weight is 420 g/mol. The van der Waals surface area contributed by atoms with Gasteiger partial charge in [-0.05, 0) is 74.1 Å². The van der Waals surface area contributed by atoms with Crippen LogP contribution in [0.15, 0.2) is 24.3 Å². The van der Waals surface area contributed by atoms with Crippen LogP contribution in [0.5, 0.6) is 0 Å². The Hall–Kier alpha value is -2.04. The Labute approximate surface area is 182 Å². The number of hydrogen-bond acceptors (Lipinski definition) is 5. The summed E-state index contributed by atoms with van der Waals surface area (Å²) in [6.07, 6.45) is 3.87. The van der Waals surface area contributed by atoms with E-state index in [1.807, 2.05) is 12.1 Å². The molecule has 0 aliphatic carbocycles. The first kappa shape index (κ1) is 26.0. The molecule has 1 aromatic carbocycles. The molecule has 0 bridgehead atoms. The maximum absolute atomic E-state index is 12.0. The summed E-state index contributed by atoms with van der Waals surface area (Å²) in [7, 11) is 0. The Morgan fingerprint density at radius 1 is 0.867 bits per heavy atom. The van der Waals surface area contributed by atoms with Crippen LogP contribution in [0, 0.1) is 23.7 Å². The zero-order valence-corrected chi connectivity index (χ0v) is 19.7. The van der Waals surface area contributed by atoms with E-state index in [2.05, 4.69) is 39.9 Å². The van der Waals surface area contributed by atoms with Crippen LogP contribution in [-0.4, -0.2) is 31.7 Å². The van der Waals surface area contributed by atoms with Crippen molar-refractivity contribution in [2.75, 3.05) is 25.1 Å². The first-order chi connectivity index (χ1) is 14.2. The molecule has 0 fully saturated rings. The highest BCUT2D eigenvalue weighted by Crippen LogP contribution is 2.24. The number of anilines is 1. The Balaban J connectivity index is 2.34. The molecule has 170 valence electrons. The fourth-order valence-electron chi connectivity index (χ4n) is 4.01. The highest BCUT2D eigenvalue weighted by Gasteiger charge is 2.14. The molecule has 1 aromatic rings. The van der Waals surface area contributed by atoms with Crippen molar-refractivity contribution in [3.05, 3.63) is 29.8 Å². The van der Waals surface area contributed by atoms with Gasteiger partial charge in [-0.1, -0.05) is 34.6 Å². The fraction of sp³-hybridized carbons (Fsp3) is 0.680. The molecular formula is C25H41NO4. The SMILES string of the molecule is CCOC(=O)CCOC(=O)c1ccc(NCC(C)CC(C)CC(C)CC(C)C)cc1. The van der Waals surface area contributed by atoms with Crippen LogP contribution in [0.4, 0.5) is 5.69 Å². The number of esters is 2. The number of rotatable bonds is 14. The molecule has 3 atom stereocenters. The molecular weight excluding hydrogens is 378 g/mol. The molecule has 30 heavy (non-hydrogen) atoms. The van der Waals surface area contributed by atoms with Gasteiger partial charge in [-0.2, -0.15) is 0 Å². The van der Waals surface area contributed by atoms with Gasteiger partial charge in [0.2, 0.25) is 0 Å². The van der Waals surface area contributed by atoms with E-state index in [1.165, 1.54) is 19.3 Å². The predicted molar refractivity (Wildman–Crippen MR) is 123 cm³/mol. The monoisotopic (exact) mass is 419 g/mol. The van der Waals surface area contributed by atoms with E-state index < -0.39 is 5.97 Å². The predicted octanol–water partition coefficient (Wildman–Crippen LogP) is 5.94. The van der Waals surface area contributed by atoms with Gasteiger partial charge in [-0.15, -0.1) is 0 Å². The molecule has 0 spiro atoms. The van der Waals surface area contributed by atoms with Crippen molar-refractivity contribution < 1.29 is 19.1 Å². The largest absolute Gasteiger partial charge is 0.466 e. The third kappa shape index (κ3) is 11.2. The van der Waals surface area contributed by atoms with Crippen LogP contribution in [0.1, 0.15) is 77.6 Å². The minimum atomic E-state index is -0.427. The second-order valence-corrected chi connectivity index (χ2v) is 9.07. The van der Waals surface area contributed by atoms with Gasteiger partial charge in [-0.25, -0.2) is 4.79 Å². The standard InChI is InChI=1S/C25H41NO4/c1-7-29-24(27)12-13-30-25(28)22-8-10-23(11-9-22)26-17-21(6)16-20(5)15-19(4)14-18(2)3/h8-11,18-21,26H,7,12-17H2,1-6H3. The van der Waals surface area contributed by atoms with Gasteiger partial charge in [-0.3, -0.25) is 4.79 Å². The van der Waals surface area contributed by atoms with Gasteiger partial charge in [0.25, 0.3) is 0 Å². The lowest BCUT2D eigenvalue weighted by Crippen LogP contribution is -2.16. The highest BCUT2D eigenvalue weighted by molar-refractivity contribution is 5.90. The van der Waals surface area contributed by atoms with Gasteiger partial charge in [0, 0.05) is 12.2 Å². The van der Waals surface area contributed by atoms with Crippen molar-refractivity contribution in [3.8, 4) is 0 Å². The molecule has 1 rings (SSSR count). The Morgan fingerprint density at radius 2 is 1.47 bits per heavy atom. The fourth-order valence-corrected chi connectivity index (χ4v) is 4.01. The molecule has 5 nitrogen and oxygen atoms in total. The van der Waals surface area contributed by atoms with Crippen molar-refractivity contribution in [2.24, 2.45) is 23.7 Å². The average Bonchev–Trinajstić information content (AvgIpc) is 2.66. The Morgan fingerprint density at radius 3 is 2.07 bits per heavy atom. The summed E-state index contributed by atoms with van der Waals surface area (Å²) in [6, 6.07) is 7.28. The van der Waals surface area contributed by atoms with Crippen molar-refractivity contribution in [1.29, 1.82) is 0 Å². The van der Waals surface area contributed by atoms with Crippen LogP contribution < -0.4 is 5.32 Å². The summed E-state index contributed by atoms with van der Waals surface area (Å²) in [5.41, 5.74) is 1.47. The molecule has 3 unspecified atom stereocenters. The molecule has 1 N–H and O–H groups in total. The minimum Gasteiger partial charge on any atom is -0.466 e. The smallest absolute Gasteiger partial charge is 0.338 e. The molecule has 0 radical (unpaired) electrons. The van der Waals surface area contributed by atoms with E-state index in [9.17, 15) is 9.59 Å². The van der Waals surface area contributed by atoms with E-state index in [4.69, 9.17) is 9.47 Å². The van der Waals surface area contributed by atoms with Gasteiger partial charge in [0.15, 0.2) is 0 Å². The van der Waals surface area contributed by atoms with Crippen LogP contribution in [-0.2, 0) is 14.3 Å². The lowest BCUT2D eigenvalue weighted by molar-refractivity contribution is -0.143. The molecule has 5 heteroatoms. The molecule has 0 aliphatic heterocycles. The second-order valence-electron chi connectivity index (χ2n) is 9.07. The molecule has 0 saturated heterocycles. The summed E-state index contributed by atoms with van der Waals surface area (Å²) < 4.78 is 9.93. The highest BCUT2D eigenvalue weighted by atomic mass is 16.5. The van der Waals surface area contributed by atoms with E-state index >= 15 is 0 Å². The third-order valence-corrected chi connectivity index (χ3v) is 5.10. The first-order valence-corrected chi connectivity index (χ1v) is 11.4.